The highest BCUT2D eigenvalue weighted by molar-refractivity contribution is 6.08. The van der Waals surface area contributed by atoms with Crippen molar-refractivity contribution >= 4 is 17.3 Å². The fourth-order valence-corrected chi connectivity index (χ4v) is 4.51. The molecule has 2 fully saturated rings. The molecule has 2 aromatic rings. The van der Waals surface area contributed by atoms with Crippen LogP contribution in [0.2, 0.25) is 0 Å². The van der Waals surface area contributed by atoms with Gasteiger partial charge in [-0.3, -0.25) is 9.59 Å². The van der Waals surface area contributed by atoms with E-state index >= 15 is 0 Å². The van der Waals surface area contributed by atoms with E-state index in [1.165, 1.54) is 31.4 Å². The molecule has 154 valence electrons. The molecule has 0 spiro atoms. The van der Waals surface area contributed by atoms with Crippen molar-refractivity contribution in [1.29, 1.82) is 0 Å². The van der Waals surface area contributed by atoms with Crippen LogP contribution in [-0.4, -0.2) is 53.8 Å². The van der Waals surface area contributed by atoms with Crippen molar-refractivity contribution < 1.29 is 9.59 Å². The molecule has 1 aromatic carbocycles. The Balaban J connectivity index is 1.37. The zero-order valence-electron chi connectivity index (χ0n) is 17.4. The van der Waals surface area contributed by atoms with Crippen LogP contribution in [0.25, 0.3) is 0 Å². The first kappa shape index (κ1) is 19.9. The van der Waals surface area contributed by atoms with Gasteiger partial charge >= 0.3 is 0 Å². The smallest absolute Gasteiger partial charge is 0.209 e. The third-order valence-corrected chi connectivity index (χ3v) is 6.20. The number of aryl methyl sites for hydroxylation is 1. The summed E-state index contributed by atoms with van der Waals surface area (Å²) in [6, 6.07) is 9.81. The van der Waals surface area contributed by atoms with Gasteiger partial charge in [0.1, 0.15) is 5.78 Å². The van der Waals surface area contributed by atoms with Gasteiger partial charge in [0.15, 0.2) is 0 Å². The van der Waals surface area contributed by atoms with Gasteiger partial charge in [-0.15, -0.1) is 0 Å². The Labute approximate surface area is 173 Å². The third kappa shape index (κ3) is 4.78. The predicted molar refractivity (Wildman–Crippen MR) is 116 cm³/mol. The minimum atomic E-state index is 0.0104. The predicted octanol–water partition coefficient (Wildman–Crippen LogP) is 3.45. The van der Waals surface area contributed by atoms with E-state index in [9.17, 15) is 9.59 Å². The fourth-order valence-electron chi connectivity index (χ4n) is 4.51. The summed E-state index contributed by atoms with van der Waals surface area (Å²) in [5.74, 6) is 0.257. The average molecular weight is 394 g/mol. The van der Waals surface area contributed by atoms with Crippen molar-refractivity contribution in [3.63, 3.8) is 0 Å². The third-order valence-electron chi connectivity index (χ3n) is 6.20. The molecule has 29 heavy (non-hydrogen) atoms. The molecule has 5 heteroatoms. The van der Waals surface area contributed by atoms with E-state index in [4.69, 9.17) is 0 Å². The minimum Gasteiger partial charge on any atom is -0.372 e. The van der Waals surface area contributed by atoms with E-state index in [0.29, 0.717) is 24.1 Å². The second-order valence-electron chi connectivity index (χ2n) is 8.43. The van der Waals surface area contributed by atoms with Crippen LogP contribution in [0.5, 0.6) is 0 Å². The van der Waals surface area contributed by atoms with Crippen LogP contribution in [0.4, 0.5) is 5.69 Å². The first-order chi connectivity index (χ1) is 14.1. The number of carbonyl (C=O) groups excluding carboxylic acids is 2. The minimum absolute atomic E-state index is 0.0104. The number of aromatic nitrogens is 1. The molecule has 2 aliphatic heterocycles. The molecule has 0 radical (unpaired) electrons. The van der Waals surface area contributed by atoms with Crippen LogP contribution in [-0.2, 0) is 18.3 Å². The van der Waals surface area contributed by atoms with Crippen LogP contribution < -0.4 is 4.90 Å². The molecule has 0 amide bonds. The summed E-state index contributed by atoms with van der Waals surface area (Å²) in [5.41, 5.74) is 3.45. The maximum Gasteiger partial charge on any atom is 0.209 e. The van der Waals surface area contributed by atoms with Gasteiger partial charge in [0.2, 0.25) is 5.78 Å². The van der Waals surface area contributed by atoms with Crippen molar-refractivity contribution in [3.05, 3.63) is 53.3 Å². The van der Waals surface area contributed by atoms with Gasteiger partial charge in [0.05, 0.1) is 5.69 Å². The number of benzene rings is 1. The van der Waals surface area contributed by atoms with E-state index in [2.05, 4.69) is 9.80 Å². The Morgan fingerprint density at radius 3 is 2.28 bits per heavy atom. The number of carbonyl (C=O) groups is 2. The van der Waals surface area contributed by atoms with Gasteiger partial charge in [-0.25, -0.2) is 0 Å². The van der Waals surface area contributed by atoms with E-state index in [1.807, 2.05) is 48.1 Å². The molecular formula is C24H31N3O2. The molecule has 0 atom stereocenters. The number of hydrogen-bond acceptors (Lipinski definition) is 4. The van der Waals surface area contributed by atoms with Crippen molar-refractivity contribution in [2.45, 2.75) is 38.5 Å². The molecule has 1 aromatic heterocycles. The lowest BCUT2D eigenvalue weighted by atomic mass is 10.1. The Bertz CT molecular complexity index is 857. The van der Waals surface area contributed by atoms with Crippen molar-refractivity contribution in [2.75, 3.05) is 37.6 Å². The summed E-state index contributed by atoms with van der Waals surface area (Å²) >= 11 is 0. The standard InChI is InChI=1S/C24H31N3O2/c1-25-18-19(16-22(28)10-15-26-11-2-3-12-26)17-23(25)24(29)20-6-8-21(9-7-20)27-13-4-5-14-27/h6-9,17-18H,2-5,10-16H2,1H3. The normalized spacial score (nSPS) is 17.2. The van der Waals surface area contributed by atoms with E-state index in [-0.39, 0.29) is 11.6 Å². The molecule has 2 saturated heterocycles. The zero-order valence-corrected chi connectivity index (χ0v) is 17.4. The molecule has 3 heterocycles. The van der Waals surface area contributed by atoms with Gasteiger partial charge in [-0.2, -0.15) is 0 Å². The lowest BCUT2D eigenvalue weighted by Gasteiger charge is -2.17. The number of ketones is 2. The first-order valence-electron chi connectivity index (χ1n) is 10.9. The largest absolute Gasteiger partial charge is 0.372 e. The highest BCUT2D eigenvalue weighted by Crippen LogP contribution is 2.22. The monoisotopic (exact) mass is 393 g/mol. The van der Waals surface area contributed by atoms with Crippen molar-refractivity contribution in [1.82, 2.24) is 9.47 Å². The average Bonchev–Trinajstić information content (AvgIpc) is 3.48. The van der Waals surface area contributed by atoms with Crippen LogP contribution in [0.1, 0.15) is 53.7 Å². The second kappa shape index (κ2) is 8.95. The summed E-state index contributed by atoms with van der Waals surface area (Å²) in [6.45, 7) is 5.29. The summed E-state index contributed by atoms with van der Waals surface area (Å²) in [5, 5.41) is 0. The SMILES string of the molecule is Cn1cc(CC(=O)CCN2CCCC2)cc1C(=O)c1ccc(N2CCCC2)cc1. The number of nitrogens with zero attached hydrogens (tertiary/aromatic N) is 3. The lowest BCUT2D eigenvalue weighted by molar-refractivity contribution is -0.118. The molecule has 5 nitrogen and oxygen atoms in total. The molecule has 0 bridgehead atoms. The van der Waals surface area contributed by atoms with Crippen LogP contribution >= 0.6 is 0 Å². The second-order valence-corrected chi connectivity index (χ2v) is 8.43. The maximum absolute atomic E-state index is 13.0. The van der Waals surface area contributed by atoms with Gasteiger partial charge in [-0.05, 0) is 74.7 Å². The number of Topliss-reactive ketones (excluding diaryl/α,β-unsaturated/α-hetero) is 1. The highest BCUT2D eigenvalue weighted by Gasteiger charge is 2.18. The summed E-state index contributed by atoms with van der Waals surface area (Å²) in [4.78, 5) is 30.1. The number of likely N-dealkylation sites (tertiary alicyclic amines) is 1. The number of hydrogen-bond donors (Lipinski definition) is 0. The van der Waals surface area contributed by atoms with Gasteiger partial charge in [0, 0.05) is 57.0 Å². The topological polar surface area (TPSA) is 45.6 Å². The van der Waals surface area contributed by atoms with E-state index < -0.39 is 0 Å². The first-order valence-corrected chi connectivity index (χ1v) is 10.9. The van der Waals surface area contributed by atoms with Crippen LogP contribution in [0, 0.1) is 0 Å². The van der Waals surface area contributed by atoms with Gasteiger partial charge in [0.25, 0.3) is 0 Å². The Kier molecular flexibility index (Phi) is 6.14. The molecule has 2 aliphatic rings. The quantitative estimate of drug-likeness (QED) is 0.645. The van der Waals surface area contributed by atoms with Crippen molar-refractivity contribution in [3.8, 4) is 0 Å². The highest BCUT2D eigenvalue weighted by atomic mass is 16.1. The summed E-state index contributed by atoms with van der Waals surface area (Å²) in [7, 11) is 1.88. The molecule has 0 aliphatic carbocycles. The van der Waals surface area contributed by atoms with Crippen LogP contribution in [0.3, 0.4) is 0 Å². The summed E-state index contributed by atoms with van der Waals surface area (Å²) < 4.78 is 1.85. The molecule has 0 unspecified atom stereocenters. The Hall–Kier alpha value is -2.40. The van der Waals surface area contributed by atoms with Gasteiger partial charge in [-0.1, -0.05) is 0 Å². The fraction of sp³-hybridized carbons (Fsp3) is 0.500. The number of anilines is 1. The van der Waals surface area contributed by atoms with E-state index in [1.54, 1.807) is 0 Å². The van der Waals surface area contributed by atoms with Crippen LogP contribution in [0.15, 0.2) is 36.5 Å². The van der Waals surface area contributed by atoms with E-state index in [0.717, 1.165) is 38.3 Å². The van der Waals surface area contributed by atoms with Gasteiger partial charge < -0.3 is 14.4 Å². The molecular weight excluding hydrogens is 362 g/mol. The van der Waals surface area contributed by atoms with Crippen molar-refractivity contribution in [2.24, 2.45) is 7.05 Å². The number of rotatable bonds is 8. The Morgan fingerprint density at radius 1 is 0.931 bits per heavy atom. The lowest BCUT2D eigenvalue weighted by Crippen LogP contribution is -2.23. The summed E-state index contributed by atoms with van der Waals surface area (Å²) in [6.07, 6.45) is 7.89. The molecule has 0 saturated carbocycles. The zero-order chi connectivity index (χ0) is 20.2. The molecule has 0 N–H and O–H groups in total. The Morgan fingerprint density at radius 2 is 1.59 bits per heavy atom. The molecule has 4 rings (SSSR count). The maximum atomic E-state index is 13.0.